The van der Waals surface area contributed by atoms with Gasteiger partial charge in [-0.1, -0.05) is 12.1 Å². The Morgan fingerprint density at radius 2 is 2.18 bits per heavy atom. The molecule has 0 saturated carbocycles. The van der Waals surface area contributed by atoms with Gasteiger partial charge in [-0.05, 0) is 18.7 Å². The lowest BCUT2D eigenvalue weighted by Gasteiger charge is -1.99. The van der Waals surface area contributed by atoms with Crippen LogP contribution in [-0.4, -0.2) is 21.7 Å². The Kier molecular flexibility index (Phi) is 4.11. The van der Waals surface area contributed by atoms with Crippen LogP contribution in [0.3, 0.4) is 0 Å². The van der Waals surface area contributed by atoms with E-state index in [0.717, 1.165) is 5.82 Å². The molecule has 2 rings (SSSR count). The first kappa shape index (κ1) is 12.1. The molecule has 4 nitrogen and oxygen atoms in total. The Hall–Kier alpha value is -1.40. The van der Waals surface area contributed by atoms with Gasteiger partial charge in [-0.2, -0.15) is 5.10 Å². The van der Waals surface area contributed by atoms with Crippen LogP contribution >= 0.6 is 11.8 Å². The maximum Gasteiger partial charge on any atom is 0.151 e. The predicted octanol–water partition coefficient (Wildman–Crippen LogP) is 1.74. The normalized spacial score (nSPS) is 10.7. The molecule has 17 heavy (non-hydrogen) atoms. The van der Waals surface area contributed by atoms with E-state index in [-0.39, 0.29) is 5.82 Å². The van der Waals surface area contributed by atoms with Gasteiger partial charge in [-0.3, -0.25) is 5.10 Å². The van der Waals surface area contributed by atoms with Gasteiger partial charge in [0, 0.05) is 11.3 Å². The first-order chi connectivity index (χ1) is 8.29. The molecular weight excluding hydrogens is 239 g/mol. The second-order valence-electron chi connectivity index (χ2n) is 3.46. The number of thioether (sulfide) groups is 1. The van der Waals surface area contributed by atoms with E-state index in [1.54, 1.807) is 12.1 Å². The second kappa shape index (κ2) is 5.79. The third-order valence-electron chi connectivity index (χ3n) is 2.15. The molecule has 0 aliphatic carbocycles. The highest BCUT2D eigenvalue weighted by Crippen LogP contribution is 2.23. The molecule has 0 fully saturated rings. The summed E-state index contributed by atoms with van der Waals surface area (Å²) in [6, 6.07) is 6.68. The van der Waals surface area contributed by atoms with Crippen LogP contribution in [-0.2, 0) is 12.2 Å². The molecule has 3 N–H and O–H groups in total. The topological polar surface area (TPSA) is 67.6 Å². The molecule has 0 bridgehead atoms. The van der Waals surface area contributed by atoms with Gasteiger partial charge >= 0.3 is 0 Å². The Morgan fingerprint density at radius 3 is 2.94 bits per heavy atom. The molecule has 0 saturated heterocycles. The number of aromatic amines is 1. The Balaban J connectivity index is 1.95. The fourth-order valence-electron chi connectivity index (χ4n) is 1.35. The summed E-state index contributed by atoms with van der Waals surface area (Å²) in [5, 5.41) is 6.84. The van der Waals surface area contributed by atoms with Gasteiger partial charge in [0.05, 0.1) is 5.75 Å². The number of benzene rings is 1. The van der Waals surface area contributed by atoms with Crippen LogP contribution in [0.5, 0.6) is 0 Å². The summed E-state index contributed by atoms with van der Waals surface area (Å²) in [5.74, 6) is 1.80. The van der Waals surface area contributed by atoms with Crippen molar-refractivity contribution < 1.29 is 4.39 Å². The molecule has 1 aromatic carbocycles. The number of H-pyrrole nitrogens is 1. The number of nitrogens with two attached hydrogens (primary N) is 1. The smallest absolute Gasteiger partial charge is 0.151 e. The van der Waals surface area contributed by atoms with E-state index < -0.39 is 0 Å². The van der Waals surface area contributed by atoms with Gasteiger partial charge in [0.1, 0.15) is 11.6 Å². The largest absolute Gasteiger partial charge is 0.330 e. The second-order valence-corrected chi connectivity index (χ2v) is 4.47. The first-order valence-electron chi connectivity index (χ1n) is 5.27. The Bertz CT molecular complexity index is 486. The molecule has 1 heterocycles. The Morgan fingerprint density at radius 1 is 1.35 bits per heavy atom. The summed E-state index contributed by atoms with van der Waals surface area (Å²) in [6.45, 7) is 0.526. The van der Waals surface area contributed by atoms with Gasteiger partial charge in [0.25, 0.3) is 0 Å². The zero-order valence-corrected chi connectivity index (χ0v) is 10.0. The van der Waals surface area contributed by atoms with E-state index in [1.165, 1.54) is 17.8 Å². The van der Waals surface area contributed by atoms with E-state index in [0.29, 0.717) is 29.4 Å². The van der Waals surface area contributed by atoms with Crippen LogP contribution in [0, 0.1) is 5.82 Å². The third-order valence-corrected chi connectivity index (χ3v) is 3.21. The third kappa shape index (κ3) is 3.28. The van der Waals surface area contributed by atoms with Gasteiger partial charge in [-0.15, -0.1) is 11.8 Å². The number of aromatic nitrogens is 3. The van der Waals surface area contributed by atoms with Crippen LogP contribution < -0.4 is 5.73 Å². The minimum atomic E-state index is -0.209. The Labute approximate surface area is 103 Å². The van der Waals surface area contributed by atoms with Crippen LogP contribution in [0.15, 0.2) is 29.2 Å². The highest BCUT2D eigenvalue weighted by atomic mass is 32.2. The van der Waals surface area contributed by atoms with Crippen molar-refractivity contribution in [1.29, 1.82) is 0 Å². The van der Waals surface area contributed by atoms with Gasteiger partial charge < -0.3 is 5.73 Å². The highest BCUT2D eigenvalue weighted by Gasteiger charge is 2.05. The average Bonchev–Trinajstić information content (AvgIpc) is 2.76. The molecule has 1 aromatic heterocycles. The lowest BCUT2D eigenvalue weighted by molar-refractivity contribution is 0.602. The summed E-state index contributed by atoms with van der Waals surface area (Å²) in [5.41, 5.74) is 5.41. The summed E-state index contributed by atoms with van der Waals surface area (Å²) >= 11 is 1.39. The van der Waals surface area contributed by atoms with E-state index in [1.807, 2.05) is 6.07 Å². The van der Waals surface area contributed by atoms with Crippen molar-refractivity contribution in [2.45, 2.75) is 17.1 Å². The quantitative estimate of drug-likeness (QED) is 0.795. The van der Waals surface area contributed by atoms with E-state index >= 15 is 0 Å². The maximum absolute atomic E-state index is 13.3. The predicted molar refractivity (Wildman–Crippen MR) is 65.1 cm³/mol. The van der Waals surface area contributed by atoms with Crippen molar-refractivity contribution in [1.82, 2.24) is 15.2 Å². The SMILES string of the molecule is NCCc1n[nH]c(CSc2ccccc2F)n1. The van der Waals surface area contributed by atoms with E-state index in [2.05, 4.69) is 15.2 Å². The molecular formula is C11H13FN4S. The van der Waals surface area contributed by atoms with Crippen molar-refractivity contribution in [3.05, 3.63) is 41.7 Å². The summed E-state index contributed by atoms with van der Waals surface area (Å²) < 4.78 is 13.3. The minimum Gasteiger partial charge on any atom is -0.330 e. The molecule has 2 aromatic rings. The standard InChI is InChI=1S/C11H13FN4S/c12-8-3-1-2-4-9(8)17-7-11-14-10(5-6-13)15-16-11/h1-4H,5-7,13H2,(H,14,15,16). The molecule has 90 valence electrons. The monoisotopic (exact) mass is 252 g/mol. The van der Waals surface area contributed by atoms with Crippen molar-refractivity contribution in [2.24, 2.45) is 5.73 Å². The summed E-state index contributed by atoms with van der Waals surface area (Å²) in [6.07, 6.45) is 0.654. The lowest BCUT2D eigenvalue weighted by Crippen LogP contribution is -2.03. The van der Waals surface area contributed by atoms with E-state index in [9.17, 15) is 4.39 Å². The van der Waals surface area contributed by atoms with E-state index in [4.69, 9.17) is 5.73 Å². The van der Waals surface area contributed by atoms with Crippen molar-refractivity contribution in [3.8, 4) is 0 Å². The summed E-state index contributed by atoms with van der Waals surface area (Å²) in [4.78, 5) is 4.87. The number of halogens is 1. The number of nitrogens with one attached hydrogen (secondary N) is 1. The summed E-state index contributed by atoms with van der Waals surface area (Å²) in [7, 11) is 0. The van der Waals surface area contributed by atoms with Crippen molar-refractivity contribution in [2.75, 3.05) is 6.54 Å². The molecule has 0 unspecified atom stereocenters. The first-order valence-corrected chi connectivity index (χ1v) is 6.25. The molecule has 0 aliphatic rings. The molecule has 0 atom stereocenters. The fraction of sp³-hybridized carbons (Fsp3) is 0.273. The number of rotatable bonds is 5. The maximum atomic E-state index is 13.3. The minimum absolute atomic E-state index is 0.209. The fourth-order valence-corrected chi connectivity index (χ4v) is 2.15. The molecule has 0 aliphatic heterocycles. The van der Waals surface area contributed by atoms with Gasteiger partial charge in [0.2, 0.25) is 0 Å². The number of hydrogen-bond donors (Lipinski definition) is 2. The van der Waals surface area contributed by atoms with Gasteiger partial charge in [-0.25, -0.2) is 9.37 Å². The van der Waals surface area contributed by atoms with Crippen LogP contribution in [0.1, 0.15) is 11.6 Å². The average molecular weight is 252 g/mol. The molecule has 6 heteroatoms. The number of nitrogens with zero attached hydrogens (tertiary/aromatic N) is 2. The van der Waals surface area contributed by atoms with Crippen molar-refractivity contribution >= 4 is 11.8 Å². The zero-order chi connectivity index (χ0) is 12.1. The molecule has 0 spiro atoms. The molecule has 0 amide bonds. The highest BCUT2D eigenvalue weighted by molar-refractivity contribution is 7.98. The van der Waals surface area contributed by atoms with Crippen molar-refractivity contribution in [3.63, 3.8) is 0 Å². The van der Waals surface area contributed by atoms with Crippen LogP contribution in [0.4, 0.5) is 4.39 Å². The van der Waals surface area contributed by atoms with Gasteiger partial charge in [0.15, 0.2) is 5.82 Å². The lowest BCUT2D eigenvalue weighted by atomic mass is 10.3. The number of hydrogen-bond acceptors (Lipinski definition) is 4. The molecule has 0 radical (unpaired) electrons. The zero-order valence-electron chi connectivity index (χ0n) is 9.19. The van der Waals surface area contributed by atoms with Crippen LogP contribution in [0.2, 0.25) is 0 Å². The van der Waals surface area contributed by atoms with Crippen LogP contribution in [0.25, 0.3) is 0 Å².